The van der Waals surface area contributed by atoms with Crippen LogP contribution in [0.4, 0.5) is 0 Å². The van der Waals surface area contributed by atoms with Crippen LogP contribution in [0.5, 0.6) is 0 Å². The number of unbranched alkanes of at least 4 members (excludes halogenated alkanes) is 5. The van der Waals surface area contributed by atoms with Crippen molar-refractivity contribution in [1.29, 1.82) is 0 Å². The fraction of sp³-hybridized carbons (Fsp3) is 0.844. The highest BCUT2D eigenvalue weighted by molar-refractivity contribution is 5.66. The summed E-state index contributed by atoms with van der Waals surface area (Å²) in [7, 11) is 0. The highest BCUT2D eigenvalue weighted by atomic mass is 16.7. The number of aliphatic carboxylic acids is 1. The molecule has 0 radical (unpaired) electrons. The Morgan fingerprint density at radius 2 is 1.84 bits per heavy atom. The second kappa shape index (κ2) is 16.2. The Balaban J connectivity index is 1.65. The van der Waals surface area contributed by atoms with Gasteiger partial charge in [0.25, 0.3) is 0 Å². The van der Waals surface area contributed by atoms with Gasteiger partial charge in [-0.2, -0.15) is 0 Å². The summed E-state index contributed by atoms with van der Waals surface area (Å²) < 4.78 is 25.4. The Kier molecular flexibility index (Phi) is 13.3. The normalized spacial score (nSPS) is 27.9. The maximum atomic E-state index is 10.8. The fourth-order valence-electron chi connectivity index (χ4n) is 5.91. The molecule has 1 N–H and O–H groups in total. The lowest BCUT2D eigenvalue weighted by Gasteiger charge is -2.45. The first-order valence-electron chi connectivity index (χ1n) is 15.4. The molecule has 1 spiro atoms. The largest absolute Gasteiger partial charge is 0.481 e. The second-order valence-corrected chi connectivity index (χ2v) is 12.4. The summed E-state index contributed by atoms with van der Waals surface area (Å²) in [6.45, 7) is 8.87. The lowest BCUT2D eigenvalue weighted by molar-refractivity contribution is -0.315. The predicted octanol–water partition coefficient (Wildman–Crippen LogP) is 7.81. The average Bonchev–Trinajstić information content (AvgIpc) is 3.23. The monoisotopic (exact) mass is 534 g/mol. The molecule has 6 heteroatoms. The van der Waals surface area contributed by atoms with Crippen LogP contribution in [0.3, 0.4) is 0 Å². The van der Waals surface area contributed by atoms with Gasteiger partial charge in [0, 0.05) is 30.8 Å². The van der Waals surface area contributed by atoms with Crippen LogP contribution in [0.2, 0.25) is 0 Å². The van der Waals surface area contributed by atoms with Crippen molar-refractivity contribution in [2.45, 2.75) is 135 Å². The highest BCUT2D eigenvalue weighted by Gasteiger charge is 2.52. The van der Waals surface area contributed by atoms with E-state index in [0.717, 1.165) is 51.6 Å². The number of rotatable bonds is 16. The number of carboxylic acids is 1. The van der Waals surface area contributed by atoms with E-state index in [1.165, 1.54) is 38.5 Å². The Hall–Kier alpha value is -1.21. The van der Waals surface area contributed by atoms with E-state index in [-0.39, 0.29) is 30.1 Å². The quantitative estimate of drug-likeness (QED) is 0.161. The molecule has 2 aliphatic heterocycles. The third-order valence-corrected chi connectivity index (χ3v) is 8.27. The van der Waals surface area contributed by atoms with Crippen LogP contribution in [0.25, 0.3) is 0 Å². The standard InChI is InChI=1S/C32H54O6/c1-4-5-6-7-10-15-27(38-30-18-13-14-23-35-30)20-19-26-21-22-32(36-24-31(2,3)25-37-32)28(26)16-11-8-9-12-17-29(33)34/h8,11,19-20,26-28,30H,4-7,9-10,12-18,21-25H2,1-3H3,(H,33,34)/t26-,27?,28+,30?/m1/s1. The van der Waals surface area contributed by atoms with Gasteiger partial charge in [-0.25, -0.2) is 0 Å². The minimum atomic E-state index is -0.731. The number of hydrogen-bond acceptors (Lipinski definition) is 5. The summed E-state index contributed by atoms with van der Waals surface area (Å²) in [4.78, 5) is 10.8. The lowest BCUT2D eigenvalue weighted by atomic mass is 9.86. The number of allylic oxidation sites excluding steroid dienone is 3. The number of carbonyl (C=O) groups is 1. The SMILES string of the molecule is CCCCCCCC(C=C[C@@H]1CCC2(OCC(C)(C)CO2)[C@H]1CC=CCCCC(=O)O)OC1CCCCO1. The van der Waals surface area contributed by atoms with Gasteiger partial charge < -0.3 is 24.1 Å². The van der Waals surface area contributed by atoms with Crippen LogP contribution in [0, 0.1) is 17.3 Å². The van der Waals surface area contributed by atoms with Crippen molar-refractivity contribution in [2.24, 2.45) is 17.3 Å². The molecule has 3 fully saturated rings. The van der Waals surface area contributed by atoms with Gasteiger partial charge >= 0.3 is 5.97 Å². The predicted molar refractivity (Wildman–Crippen MR) is 151 cm³/mol. The van der Waals surface area contributed by atoms with Gasteiger partial charge in [-0.05, 0) is 57.3 Å². The number of ether oxygens (including phenoxy) is 4. The van der Waals surface area contributed by atoms with Gasteiger partial charge in [0.05, 0.1) is 19.3 Å². The molecule has 1 saturated carbocycles. The third-order valence-electron chi connectivity index (χ3n) is 8.27. The van der Waals surface area contributed by atoms with Crippen molar-refractivity contribution >= 4 is 5.97 Å². The molecule has 0 aromatic carbocycles. The lowest BCUT2D eigenvalue weighted by Crippen LogP contribution is -2.50. The summed E-state index contributed by atoms with van der Waals surface area (Å²) in [5.41, 5.74) is 0.0348. The molecule has 2 unspecified atom stereocenters. The van der Waals surface area contributed by atoms with Gasteiger partial charge in [-0.15, -0.1) is 0 Å². The Morgan fingerprint density at radius 1 is 1.05 bits per heavy atom. The van der Waals surface area contributed by atoms with Crippen LogP contribution >= 0.6 is 0 Å². The van der Waals surface area contributed by atoms with E-state index < -0.39 is 11.8 Å². The Bertz CT molecular complexity index is 728. The zero-order valence-electron chi connectivity index (χ0n) is 24.3. The zero-order valence-corrected chi connectivity index (χ0v) is 24.3. The highest BCUT2D eigenvalue weighted by Crippen LogP contribution is 2.49. The molecule has 38 heavy (non-hydrogen) atoms. The topological polar surface area (TPSA) is 74.2 Å². The van der Waals surface area contributed by atoms with Gasteiger partial charge in [0.1, 0.15) is 0 Å². The van der Waals surface area contributed by atoms with Crippen molar-refractivity contribution in [3.63, 3.8) is 0 Å². The van der Waals surface area contributed by atoms with Crippen molar-refractivity contribution in [3.8, 4) is 0 Å². The summed E-state index contributed by atoms with van der Waals surface area (Å²) in [5.74, 6) is -0.662. The first-order valence-corrected chi connectivity index (χ1v) is 15.4. The maximum Gasteiger partial charge on any atom is 0.303 e. The van der Waals surface area contributed by atoms with Crippen LogP contribution in [0.1, 0.15) is 117 Å². The van der Waals surface area contributed by atoms with Crippen molar-refractivity contribution in [2.75, 3.05) is 19.8 Å². The van der Waals surface area contributed by atoms with E-state index >= 15 is 0 Å². The van der Waals surface area contributed by atoms with E-state index in [9.17, 15) is 4.79 Å². The molecule has 2 saturated heterocycles. The van der Waals surface area contributed by atoms with E-state index in [1.807, 2.05) is 0 Å². The Morgan fingerprint density at radius 3 is 2.55 bits per heavy atom. The summed E-state index contributed by atoms with van der Waals surface area (Å²) in [6.07, 6.45) is 24.1. The molecule has 2 heterocycles. The molecule has 3 aliphatic rings. The molecule has 6 nitrogen and oxygen atoms in total. The van der Waals surface area contributed by atoms with E-state index in [2.05, 4.69) is 45.1 Å². The van der Waals surface area contributed by atoms with Gasteiger partial charge in [-0.3, -0.25) is 4.79 Å². The molecule has 0 bridgehead atoms. The molecular formula is C32H54O6. The molecule has 0 aromatic heterocycles. The van der Waals surface area contributed by atoms with Crippen LogP contribution < -0.4 is 0 Å². The molecule has 218 valence electrons. The molecule has 0 amide bonds. The van der Waals surface area contributed by atoms with Crippen molar-refractivity contribution < 1.29 is 28.8 Å². The second-order valence-electron chi connectivity index (χ2n) is 12.4. The van der Waals surface area contributed by atoms with Crippen molar-refractivity contribution in [3.05, 3.63) is 24.3 Å². The molecule has 4 atom stereocenters. The smallest absolute Gasteiger partial charge is 0.303 e. The fourth-order valence-corrected chi connectivity index (χ4v) is 5.91. The summed E-state index contributed by atoms with van der Waals surface area (Å²) in [5, 5.41) is 8.90. The molecule has 3 rings (SSSR count). The summed E-state index contributed by atoms with van der Waals surface area (Å²) >= 11 is 0. The third kappa shape index (κ3) is 10.4. The average molecular weight is 535 g/mol. The first kappa shape index (κ1) is 31.3. The van der Waals surface area contributed by atoms with Gasteiger partial charge in [0.15, 0.2) is 12.1 Å². The van der Waals surface area contributed by atoms with Gasteiger partial charge in [-0.1, -0.05) is 77.2 Å². The van der Waals surface area contributed by atoms with E-state index in [4.69, 9.17) is 24.1 Å². The van der Waals surface area contributed by atoms with Crippen molar-refractivity contribution in [1.82, 2.24) is 0 Å². The Labute approximate surface area is 231 Å². The van der Waals surface area contributed by atoms with E-state index in [0.29, 0.717) is 25.6 Å². The maximum absolute atomic E-state index is 10.8. The van der Waals surface area contributed by atoms with Gasteiger partial charge in [0.2, 0.25) is 0 Å². The van der Waals surface area contributed by atoms with Crippen LogP contribution in [-0.4, -0.2) is 49.1 Å². The number of hydrogen-bond donors (Lipinski definition) is 1. The summed E-state index contributed by atoms with van der Waals surface area (Å²) in [6, 6.07) is 0. The molecular weight excluding hydrogens is 480 g/mol. The molecule has 1 aliphatic carbocycles. The zero-order chi connectivity index (χ0) is 27.3. The van der Waals surface area contributed by atoms with E-state index in [1.54, 1.807) is 0 Å². The minimum Gasteiger partial charge on any atom is -0.481 e. The van der Waals surface area contributed by atoms with Crippen LogP contribution in [-0.2, 0) is 23.7 Å². The number of carboxylic acid groups (broad SMARTS) is 1. The first-order chi connectivity index (χ1) is 18.3. The molecule has 0 aromatic rings. The van der Waals surface area contributed by atoms with Crippen LogP contribution in [0.15, 0.2) is 24.3 Å². The minimum absolute atomic E-state index is 0.0348.